The van der Waals surface area contributed by atoms with E-state index < -0.39 is 6.10 Å². The van der Waals surface area contributed by atoms with Gasteiger partial charge in [0.1, 0.15) is 18.3 Å². The van der Waals surface area contributed by atoms with Gasteiger partial charge in [0.25, 0.3) is 11.9 Å². The molecule has 11 heteroatoms. The molecule has 2 aromatic carbocycles. The van der Waals surface area contributed by atoms with Crippen molar-refractivity contribution < 1.29 is 23.8 Å². The summed E-state index contributed by atoms with van der Waals surface area (Å²) in [6.45, 7) is 2.34. The van der Waals surface area contributed by atoms with Crippen molar-refractivity contribution in [1.82, 2.24) is 25.1 Å². The largest absolute Gasteiger partial charge is 0.456 e. The maximum Gasteiger partial charge on any atom is 0.296 e. The molecule has 10 nitrogen and oxygen atoms in total. The first-order valence-electron chi connectivity index (χ1n) is 12.2. The molecule has 2 N–H and O–H groups in total. The third kappa shape index (κ3) is 4.11. The predicted octanol–water partition coefficient (Wildman–Crippen LogP) is 4.21. The first-order valence-corrected chi connectivity index (χ1v) is 12.6. The third-order valence-electron chi connectivity index (χ3n) is 6.80. The number of benzene rings is 2. The van der Waals surface area contributed by atoms with Crippen LogP contribution in [0.3, 0.4) is 0 Å². The van der Waals surface area contributed by atoms with Gasteiger partial charge in [-0.3, -0.25) is 0 Å². The average molecular weight is 532 g/mol. The van der Waals surface area contributed by atoms with Crippen LogP contribution in [0.25, 0.3) is 45.0 Å². The Bertz CT molecular complexity index is 1620. The smallest absolute Gasteiger partial charge is 0.296 e. The summed E-state index contributed by atoms with van der Waals surface area (Å²) in [5, 5.41) is 14.3. The van der Waals surface area contributed by atoms with Gasteiger partial charge in [0, 0.05) is 11.1 Å². The van der Waals surface area contributed by atoms with E-state index in [4.69, 9.17) is 30.3 Å². The summed E-state index contributed by atoms with van der Waals surface area (Å²) in [5.41, 5.74) is 5.60. The van der Waals surface area contributed by atoms with Gasteiger partial charge in [-0.05, 0) is 36.2 Å². The molecule has 0 amide bonds. The minimum absolute atomic E-state index is 0.236. The van der Waals surface area contributed by atoms with E-state index in [0.29, 0.717) is 46.2 Å². The number of imidazole rings is 1. The summed E-state index contributed by atoms with van der Waals surface area (Å²) in [6, 6.07) is 18.0. The van der Waals surface area contributed by atoms with Gasteiger partial charge in [0.05, 0.1) is 29.4 Å². The molecule has 4 atom stereocenters. The van der Waals surface area contributed by atoms with Crippen LogP contribution in [0.2, 0.25) is 5.02 Å². The lowest BCUT2D eigenvalue weighted by Crippen LogP contribution is -2.34. The summed E-state index contributed by atoms with van der Waals surface area (Å²) < 4.78 is 22.5. The molecule has 0 radical (unpaired) electrons. The van der Waals surface area contributed by atoms with Gasteiger partial charge < -0.3 is 28.8 Å². The summed E-state index contributed by atoms with van der Waals surface area (Å²) in [5.74, 6) is 1.10. The third-order valence-corrected chi connectivity index (χ3v) is 7.09. The lowest BCUT2D eigenvalue weighted by atomic mass is 10.0. The molecule has 2 aliphatic rings. The van der Waals surface area contributed by atoms with Crippen molar-refractivity contribution in [3.8, 4) is 39.8 Å². The Morgan fingerprint density at radius 3 is 2.29 bits per heavy atom. The van der Waals surface area contributed by atoms with Crippen LogP contribution in [0.5, 0.6) is 6.01 Å². The van der Waals surface area contributed by atoms with E-state index in [1.165, 1.54) is 0 Å². The Morgan fingerprint density at radius 2 is 1.58 bits per heavy atom. The van der Waals surface area contributed by atoms with Crippen molar-refractivity contribution in [2.45, 2.75) is 31.3 Å². The molecule has 192 valence electrons. The normalized spacial score (nSPS) is 22.7. The average Bonchev–Trinajstić information content (AvgIpc) is 3.71. The molecule has 7 rings (SSSR count). The Labute approximate surface area is 221 Å². The van der Waals surface area contributed by atoms with Gasteiger partial charge in [-0.2, -0.15) is 9.97 Å². The predicted molar refractivity (Wildman–Crippen MR) is 138 cm³/mol. The first-order chi connectivity index (χ1) is 18.5. The number of nitrogens with one attached hydrogen (secondary N) is 1. The Kier molecular flexibility index (Phi) is 5.62. The van der Waals surface area contributed by atoms with Crippen LogP contribution in [0.15, 0.2) is 59.1 Å². The Hall–Kier alpha value is -3.83. The van der Waals surface area contributed by atoms with Crippen LogP contribution in [-0.4, -0.2) is 67.8 Å². The highest BCUT2D eigenvalue weighted by molar-refractivity contribution is 6.33. The molecule has 38 heavy (non-hydrogen) atoms. The number of halogens is 1. The van der Waals surface area contributed by atoms with E-state index in [-0.39, 0.29) is 24.9 Å². The highest BCUT2D eigenvalue weighted by Crippen LogP contribution is 2.33. The number of hydrogen-bond acceptors (Lipinski definition) is 9. The van der Waals surface area contributed by atoms with Crippen molar-refractivity contribution >= 4 is 22.8 Å². The topological polar surface area (TPSA) is 128 Å². The van der Waals surface area contributed by atoms with E-state index in [9.17, 15) is 5.11 Å². The van der Waals surface area contributed by atoms with Crippen molar-refractivity contribution in [3.63, 3.8) is 0 Å². The second-order valence-electron chi connectivity index (χ2n) is 9.35. The van der Waals surface area contributed by atoms with Crippen LogP contribution in [0.1, 0.15) is 5.82 Å². The number of hydrogen-bond donors (Lipinski definition) is 2. The number of fused-ring (bicyclic) bond motifs is 2. The Morgan fingerprint density at radius 1 is 0.895 bits per heavy atom. The monoisotopic (exact) mass is 531 g/mol. The zero-order valence-electron chi connectivity index (χ0n) is 20.2. The molecule has 0 aliphatic carbocycles. The Balaban J connectivity index is 1.11. The number of aliphatic hydroxyl groups is 1. The van der Waals surface area contributed by atoms with Crippen LogP contribution >= 0.6 is 11.6 Å². The molecule has 5 heterocycles. The molecular weight excluding hydrogens is 510 g/mol. The second kappa shape index (κ2) is 9.17. The van der Waals surface area contributed by atoms with Gasteiger partial charge in [-0.25, -0.2) is 4.98 Å². The van der Waals surface area contributed by atoms with Gasteiger partial charge in [0.15, 0.2) is 17.6 Å². The molecule has 0 saturated carbocycles. The number of aryl methyl sites for hydroxylation is 1. The maximum atomic E-state index is 9.94. The van der Waals surface area contributed by atoms with E-state index in [0.717, 1.165) is 22.3 Å². The second-order valence-corrected chi connectivity index (χ2v) is 9.76. The number of aromatic nitrogens is 5. The van der Waals surface area contributed by atoms with Crippen LogP contribution in [-0.2, 0) is 9.47 Å². The fraction of sp³-hybridized carbons (Fsp3) is 0.259. The molecule has 1 unspecified atom stereocenters. The van der Waals surface area contributed by atoms with Crippen LogP contribution < -0.4 is 4.74 Å². The molecule has 5 aromatic rings. The quantitative estimate of drug-likeness (QED) is 0.342. The molecule has 2 saturated heterocycles. The summed E-state index contributed by atoms with van der Waals surface area (Å²) in [7, 11) is 0. The number of pyridine rings is 1. The van der Waals surface area contributed by atoms with Crippen molar-refractivity contribution in [2.75, 3.05) is 13.2 Å². The molecule has 0 spiro atoms. The summed E-state index contributed by atoms with van der Waals surface area (Å²) in [4.78, 5) is 16.6. The van der Waals surface area contributed by atoms with E-state index >= 15 is 0 Å². The number of nitrogens with zero attached hydrogens (tertiary/aromatic N) is 4. The van der Waals surface area contributed by atoms with Crippen LogP contribution in [0.4, 0.5) is 0 Å². The molecular formula is C27H22ClN5O5. The maximum absolute atomic E-state index is 9.94. The zero-order chi connectivity index (χ0) is 25.8. The first kappa shape index (κ1) is 23.3. The van der Waals surface area contributed by atoms with E-state index in [1.807, 2.05) is 48.5 Å². The molecule has 2 aliphatic heterocycles. The summed E-state index contributed by atoms with van der Waals surface area (Å²) >= 11 is 6.60. The highest BCUT2D eigenvalue weighted by Gasteiger charge is 2.48. The zero-order valence-corrected chi connectivity index (χ0v) is 20.9. The van der Waals surface area contributed by atoms with Crippen LogP contribution in [0, 0.1) is 6.92 Å². The number of aromatic amines is 1. The van der Waals surface area contributed by atoms with Crippen molar-refractivity contribution in [3.05, 3.63) is 65.4 Å². The minimum Gasteiger partial charge on any atom is -0.456 e. The fourth-order valence-electron chi connectivity index (χ4n) is 4.88. The van der Waals surface area contributed by atoms with E-state index in [2.05, 4.69) is 25.1 Å². The number of ether oxygens (including phenoxy) is 3. The minimum atomic E-state index is -0.640. The number of H-pyrrole nitrogens is 1. The summed E-state index contributed by atoms with van der Waals surface area (Å²) in [6.07, 6.45) is -1.72. The van der Waals surface area contributed by atoms with Gasteiger partial charge in [-0.15, -0.1) is 0 Å². The fourth-order valence-corrected chi connectivity index (χ4v) is 5.14. The highest BCUT2D eigenvalue weighted by atomic mass is 35.5. The molecule has 0 bridgehead atoms. The number of rotatable bonds is 5. The SMILES string of the molecule is Cc1noc(-c2ccc(-c3ccc(-c4nc5nc(O[C@@H]6COC7[C@H](O)CO[C@@H]76)[nH]c5cc4Cl)cc3)cc2)n1. The van der Waals surface area contributed by atoms with Crippen molar-refractivity contribution in [1.29, 1.82) is 0 Å². The van der Waals surface area contributed by atoms with E-state index in [1.54, 1.807) is 13.0 Å². The molecule has 2 fully saturated rings. The molecule has 3 aromatic heterocycles. The van der Waals surface area contributed by atoms with Gasteiger partial charge in [-0.1, -0.05) is 53.2 Å². The lowest BCUT2D eigenvalue weighted by Gasteiger charge is -2.15. The van der Waals surface area contributed by atoms with Gasteiger partial charge in [0.2, 0.25) is 0 Å². The van der Waals surface area contributed by atoms with Gasteiger partial charge >= 0.3 is 0 Å². The van der Waals surface area contributed by atoms with Crippen molar-refractivity contribution in [2.24, 2.45) is 0 Å². The standard InChI is InChI=1S/C27H22ClN5O5/c1-13-29-26(38-33-13)17-8-4-15(5-9-17)14-2-6-16(7-3-14)22-18(28)10-19-25(31-22)32-27(30-19)37-21-12-36-23-20(34)11-35-24(21)23/h2-10,20-21,23-24,34H,11-12H2,1H3,(H,30,31,32)/t20-,21-,23?,24-/m1/s1. The lowest BCUT2D eigenvalue weighted by molar-refractivity contribution is 0.00706. The number of aliphatic hydroxyl groups excluding tert-OH is 1.